The number of halogens is 1. The Morgan fingerprint density at radius 3 is 2.50 bits per heavy atom. The highest BCUT2D eigenvalue weighted by molar-refractivity contribution is 9.10. The van der Waals surface area contributed by atoms with E-state index in [1.54, 1.807) is 0 Å². The Balaban J connectivity index is 3.15. The number of hydrogen-bond donors (Lipinski definition) is 2. The van der Waals surface area contributed by atoms with Crippen LogP contribution in [0.2, 0.25) is 0 Å². The fourth-order valence-corrected chi connectivity index (χ4v) is 1.93. The van der Waals surface area contributed by atoms with E-state index in [0.717, 1.165) is 10.0 Å². The summed E-state index contributed by atoms with van der Waals surface area (Å²) >= 11 is 3.42. The van der Waals surface area contributed by atoms with Crippen molar-refractivity contribution in [3.8, 4) is 0 Å². The van der Waals surface area contributed by atoms with Crippen LogP contribution in [0.3, 0.4) is 0 Å². The zero-order valence-corrected chi connectivity index (χ0v) is 10.4. The van der Waals surface area contributed by atoms with Crippen LogP contribution in [-0.2, 0) is 12.0 Å². The van der Waals surface area contributed by atoms with E-state index in [0.29, 0.717) is 6.54 Å². The van der Waals surface area contributed by atoms with Gasteiger partial charge in [-0.2, -0.15) is 0 Å². The third-order valence-corrected chi connectivity index (χ3v) is 2.64. The van der Waals surface area contributed by atoms with Gasteiger partial charge in [-0.15, -0.1) is 0 Å². The van der Waals surface area contributed by atoms with Gasteiger partial charge in [0.15, 0.2) is 0 Å². The molecule has 0 saturated carbocycles. The number of nitrogens with one attached hydrogen (secondary N) is 1. The molecule has 3 heteroatoms. The largest absolute Gasteiger partial charge is 0.316 e. The highest BCUT2D eigenvalue weighted by Crippen LogP contribution is 2.28. The van der Waals surface area contributed by atoms with E-state index in [1.165, 1.54) is 5.56 Å². The van der Waals surface area contributed by atoms with Gasteiger partial charge >= 0.3 is 0 Å². The highest BCUT2D eigenvalue weighted by Gasteiger charge is 2.17. The van der Waals surface area contributed by atoms with Crippen molar-refractivity contribution in [1.82, 2.24) is 5.48 Å². The average molecular weight is 258 g/mol. The number of benzene rings is 1. The lowest BCUT2D eigenvalue weighted by atomic mass is 9.84. The molecular weight excluding hydrogens is 242 g/mol. The van der Waals surface area contributed by atoms with Gasteiger partial charge in [-0.3, -0.25) is 0 Å². The summed E-state index contributed by atoms with van der Waals surface area (Å²) in [4.78, 5) is 0. The second kappa shape index (κ2) is 4.43. The molecule has 0 radical (unpaired) electrons. The van der Waals surface area contributed by atoms with Gasteiger partial charge in [-0.05, 0) is 28.7 Å². The molecule has 0 aromatic heterocycles. The maximum Gasteiger partial charge on any atom is 0.0461 e. The SMILES string of the molecule is CC(C)(C)c1ccc(Br)cc1CNO. The molecule has 0 aliphatic rings. The lowest BCUT2D eigenvalue weighted by molar-refractivity contribution is 0.160. The Morgan fingerprint density at radius 1 is 1.36 bits per heavy atom. The van der Waals surface area contributed by atoms with Crippen LogP contribution in [0.25, 0.3) is 0 Å². The molecule has 1 aromatic rings. The Kier molecular flexibility index (Phi) is 3.70. The molecule has 0 bridgehead atoms. The standard InChI is InChI=1S/C11H16BrNO/c1-11(2,3)10-5-4-9(12)6-8(10)7-13-14/h4-6,13-14H,7H2,1-3H3. The molecule has 2 nitrogen and oxygen atoms in total. The van der Waals surface area contributed by atoms with E-state index in [4.69, 9.17) is 5.21 Å². The summed E-state index contributed by atoms with van der Waals surface area (Å²) in [5.41, 5.74) is 4.68. The molecule has 0 aliphatic heterocycles. The molecule has 0 atom stereocenters. The lowest BCUT2D eigenvalue weighted by Crippen LogP contribution is -2.17. The van der Waals surface area contributed by atoms with Crippen LogP contribution in [0.4, 0.5) is 0 Å². The van der Waals surface area contributed by atoms with E-state index in [-0.39, 0.29) is 5.41 Å². The van der Waals surface area contributed by atoms with Crippen molar-refractivity contribution >= 4 is 15.9 Å². The van der Waals surface area contributed by atoms with Gasteiger partial charge in [0.05, 0.1) is 0 Å². The first kappa shape index (κ1) is 11.7. The zero-order chi connectivity index (χ0) is 10.8. The van der Waals surface area contributed by atoms with Gasteiger partial charge in [0.2, 0.25) is 0 Å². The summed E-state index contributed by atoms with van der Waals surface area (Å²) < 4.78 is 1.04. The molecule has 0 saturated heterocycles. The van der Waals surface area contributed by atoms with Crippen LogP contribution in [0, 0.1) is 0 Å². The molecule has 0 spiro atoms. The Labute approximate surface area is 93.4 Å². The van der Waals surface area contributed by atoms with E-state index in [2.05, 4.69) is 48.2 Å². The molecule has 1 aromatic carbocycles. The van der Waals surface area contributed by atoms with Crippen molar-refractivity contribution in [1.29, 1.82) is 0 Å². The molecule has 0 fully saturated rings. The summed E-state index contributed by atoms with van der Waals surface area (Å²) in [6.45, 7) is 6.97. The summed E-state index contributed by atoms with van der Waals surface area (Å²) in [6, 6.07) is 6.15. The molecular formula is C11H16BrNO. The first-order valence-corrected chi connectivity index (χ1v) is 5.40. The average Bonchev–Trinajstić information content (AvgIpc) is 2.02. The van der Waals surface area contributed by atoms with E-state index < -0.39 is 0 Å². The molecule has 78 valence electrons. The lowest BCUT2D eigenvalue weighted by Gasteiger charge is -2.22. The first-order valence-electron chi connectivity index (χ1n) is 4.61. The number of hydroxylamine groups is 1. The minimum Gasteiger partial charge on any atom is -0.316 e. The van der Waals surface area contributed by atoms with Crippen molar-refractivity contribution in [2.24, 2.45) is 0 Å². The van der Waals surface area contributed by atoms with Gasteiger partial charge in [0.25, 0.3) is 0 Å². The maximum absolute atomic E-state index is 8.74. The second-order valence-corrected chi connectivity index (χ2v) is 5.30. The van der Waals surface area contributed by atoms with Gasteiger partial charge in [0.1, 0.15) is 0 Å². The van der Waals surface area contributed by atoms with Crippen LogP contribution in [0.5, 0.6) is 0 Å². The van der Waals surface area contributed by atoms with Crippen LogP contribution in [0.1, 0.15) is 31.9 Å². The second-order valence-electron chi connectivity index (χ2n) is 4.39. The molecule has 0 unspecified atom stereocenters. The van der Waals surface area contributed by atoms with E-state index >= 15 is 0 Å². The summed E-state index contributed by atoms with van der Waals surface area (Å²) in [7, 11) is 0. The topological polar surface area (TPSA) is 32.3 Å². The van der Waals surface area contributed by atoms with Crippen molar-refractivity contribution < 1.29 is 5.21 Å². The summed E-state index contributed by atoms with van der Waals surface area (Å²) in [5.74, 6) is 0. The van der Waals surface area contributed by atoms with Gasteiger partial charge in [-0.1, -0.05) is 42.8 Å². The highest BCUT2D eigenvalue weighted by atomic mass is 79.9. The quantitative estimate of drug-likeness (QED) is 0.798. The van der Waals surface area contributed by atoms with Crippen LogP contribution < -0.4 is 5.48 Å². The Morgan fingerprint density at radius 2 is 2.00 bits per heavy atom. The predicted molar refractivity (Wildman–Crippen MR) is 61.5 cm³/mol. The normalized spacial score (nSPS) is 11.8. The molecule has 2 N–H and O–H groups in total. The number of hydrogen-bond acceptors (Lipinski definition) is 2. The molecule has 14 heavy (non-hydrogen) atoms. The van der Waals surface area contributed by atoms with E-state index in [1.807, 2.05) is 12.1 Å². The van der Waals surface area contributed by atoms with Crippen molar-refractivity contribution in [2.45, 2.75) is 32.7 Å². The van der Waals surface area contributed by atoms with Gasteiger partial charge in [0, 0.05) is 11.0 Å². The minimum absolute atomic E-state index is 0.104. The Hall–Kier alpha value is -0.380. The summed E-state index contributed by atoms with van der Waals surface area (Å²) in [6.07, 6.45) is 0. The third-order valence-electron chi connectivity index (χ3n) is 2.14. The molecule has 0 aliphatic carbocycles. The fourth-order valence-electron chi connectivity index (χ4n) is 1.53. The zero-order valence-electron chi connectivity index (χ0n) is 8.76. The third kappa shape index (κ3) is 2.80. The number of rotatable bonds is 2. The minimum atomic E-state index is 0.104. The van der Waals surface area contributed by atoms with Crippen molar-refractivity contribution in [3.63, 3.8) is 0 Å². The Bertz CT molecular complexity index is 318. The van der Waals surface area contributed by atoms with Gasteiger partial charge < -0.3 is 5.21 Å². The molecule has 0 amide bonds. The van der Waals surface area contributed by atoms with Crippen LogP contribution in [-0.4, -0.2) is 5.21 Å². The van der Waals surface area contributed by atoms with Gasteiger partial charge in [-0.25, -0.2) is 5.48 Å². The predicted octanol–water partition coefficient (Wildman–Crippen LogP) is 3.23. The van der Waals surface area contributed by atoms with Crippen molar-refractivity contribution in [3.05, 3.63) is 33.8 Å². The fraction of sp³-hybridized carbons (Fsp3) is 0.455. The van der Waals surface area contributed by atoms with Crippen LogP contribution >= 0.6 is 15.9 Å². The van der Waals surface area contributed by atoms with Crippen molar-refractivity contribution in [2.75, 3.05) is 0 Å². The smallest absolute Gasteiger partial charge is 0.0461 e. The first-order chi connectivity index (χ1) is 6.45. The summed E-state index contributed by atoms with van der Waals surface area (Å²) in [5, 5.41) is 8.74. The maximum atomic E-state index is 8.74. The molecule has 1 rings (SSSR count). The molecule has 0 heterocycles. The van der Waals surface area contributed by atoms with E-state index in [9.17, 15) is 0 Å². The monoisotopic (exact) mass is 257 g/mol. The van der Waals surface area contributed by atoms with Crippen LogP contribution in [0.15, 0.2) is 22.7 Å².